The second kappa shape index (κ2) is 8.02. The van der Waals surface area contributed by atoms with Crippen LogP contribution < -0.4 is 10.6 Å². The van der Waals surface area contributed by atoms with E-state index in [2.05, 4.69) is 38.3 Å². The number of nitrogens with one attached hydrogen (secondary N) is 2. The predicted molar refractivity (Wildman–Crippen MR) is 85.7 cm³/mol. The molecule has 1 saturated carbocycles. The molecule has 1 aliphatic carbocycles. The summed E-state index contributed by atoms with van der Waals surface area (Å²) in [6, 6.07) is -0.0955. The molecule has 1 aliphatic rings. The maximum absolute atomic E-state index is 12.1. The fourth-order valence-electron chi connectivity index (χ4n) is 2.95. The Bertz CT molecular complexity index is 301. The molecule has 0 aromatic rings. The van der Waals surface area contributed by atoms with Gasteiger partial charge in [-0.1, -0.05) is 33.1 Å². The molecule has 0 radical (unpaired) electrons. The minimum Gasteiger partial charge on any atom is -0.350 e. The van der Waals surface area contributed by atoms with E-state index in [1.54, 1.807) is 0 Å². The molecule has 0 aliphatic heterocycles. The fourth-order valence-corrected chi connectivity index (χ4v) is 2.95. The average Bonchev–Trinajstić information content (AvgIpc) is 2.38. The summed E-state index contributed by atoms with van der Waals surface area (Å²) < 4.78 is 0. The Morgan fingerprint density at radius 2 is 2.05 bits per heavy atom. The largest absolute Gasteiger partial charge is 0.350 e. The van der Waals surface area contributed by atoms with Crippen LogP contribution in [0.25, 0.3) is 0 Å². The first kappa shape index (κ1) is 17.5. The summed E-state index contributed by atoms with van der Waals surface area (Å²) in [5.41, 5.74) is -0.105. The molecule has 20 heavy (non-hydrogen) atoms. The van der Waals surface area contributed by atoms with Crippen LogP contribution in [0, 0.1) is 11.8 Å². The smallest absolute Gasteiger partial charge is 0.237 e. The quantitative estimate of drug-likeness (QED) is 0.750. The van der Waals surface area contributed by atoms with Gasteiger partial charge in [-0.15, -0.1) is 0 Å². The molecule has 0 heterocycles. The van der Waals surface area contributed by atoms with Gasteiger partial charge in [-0.25, -0.2) is 0 Å². The Labute approximate surface area is 125 Å². The van der Waals surface area contributed by atoms with Crippen LogP contribution in [0.2, 0.25) is 0 Å². The van der Waals surface area contributed by atoms with Crippen LogP contribution in [0.4, 0.5) is 0 Å². The summed E-state index contributed by atoms with van der Waals surface area (Å²) in [6.45, 7) is 11.5. The second-order valence-electron chi connectivity index (χ2n) is 7.33. The number of amides is 1. The van der Waals surface area contributed by atoms with E-state index in [1.165, 1.54) is 32.1 Å². The Kier molecular flexibility index (Phi) is 7.01. The molecule has 3 unspecified atom stereocenters. The third-order valence-electron chi connectivity index (χ3n) is 4.79. The van der Waals surface area contributed by atoms with Crippen molar-refractivity contribution in [1.82, 2.24) is 10.6 Å². The number of rotatable bonds is 7. The first-order valence-electron chi connectivity index (χ1n) is 8.39. The third-order valence-corrected chi connectivity index (χ3v) is 4.79. The summed E-state index contributed by atoms with van der Waals surface area (Å²) >= 11 is 0. The Morgan fingerprint density at radius 1 is 1.35 bits per heavy atom. The molecular weight excluding hydrogens is 248 g/mol. The number of carbonyl (C=O) groups is 1. The van der Waals surface area contributed by atoms with Gasteiger partial charge in [0.25, 0.3) is 0 Å². The number of carbonyl (C=O) groups excluding carboxylic acids is 1. The molecule has 1 rings (SSSR count). The van der Waals surface area contributed by atoms with Crippen molar-refractivity contribution < 1.29 is 4.79 Å². The summed E-state index contributed by atoms with van der Waals surface area (Å²) in [5.74, 6) is 1.86. The SMILES string of the molecule is CCC(C)(C)NC(=O)C(C)NCCC1CCCC(C)C1. The van der Waals surface area contributed by atoms with Crippen molar-refractivity contribution >= 4 is 5.91 Å². The zero-order chi connectivity index (χ0) is 15.2. The normalized spacial score (nSPS) is 25.2. The molecule has 3 nitrogen and oxygen atoms in total. The molecule has 0 aromatic carbocycles. The van der Waals surface area contributed by atoms with Gasteiger partial charge in [0, 0.05) is 5.54 Å². The van der Waals surface area contributed by atoms with Gasteiger partial charge in [0.15, 0.2) is 0 Å². The molecule has 118 valence electrons. The van der Waals surface area contributed by atoms with Crippen LogP contribution in [0.3, 0.4) is 0 Å². The molecule has 3 atom stereocenters. The average molecular weight is 282 g/mol. The third kappa shape index (κ3) is 6.25. The van der Waals surface area contributed by atoms with Gasteiger partial charge in [0.05, 0.1) is 6.04 Å². The summed E-state index contributed by atoms with van der Waals surface area (Å²) in [6.07, 6.45) is 7.67. The van der Waals surface area contributed by atoms with Gasteiger partial charge >= 0.3 is 0 Å². The Morgan fingerprint density at radius 3 is 2.65 bits per heavy atom. The molecule has 2 N–H and O–H groups in total. The van der Waals surface area contributed by atoms with E-state index >= 15 is 0 Å². The van der Waals surface area contributed by atoms with E-state index in [1.807, 2.05) is 6.92 Å². The van der Waals surface area contributed by atoms with Crippen LogP contribution in [-0.2, 0) is 4.79 Å². The maximum Gasteiger partial charge on any atom is 0.237 e. The lowest BCUT2D eigenvalue weighted by Gasteiger charge is -2.28. The number of hydrogen-bond acceptors (Lipinski definition) is 2. The van der Waals surface area contributed by atoms with Crippen molar-refractivity contribution in [1.29, 1.82) is 0 Å². The number of hydrogen-bond donors (Lipinski definition) is 2. The van der Waals surface area contributed by atoms with Crippen molar-refractivity contribution in [3.8, 4) is 0 Å². The highest BCUT2D eigenvalue weighted by Crippen LogP contribution is 2.30. The van der Waals surface area contributed by atoms with Gasteiger partial charge in [-0.2, -0.15) is 0 Å². The molecule has 3 heteroatoms. The van der Waals surface area contributed by atoms with E-state index in [0.29, 0.717) is 0 Å². The van der Waals surface area contributed by atoms with Crippen LogP contribution in [-0.4, -0.2) is 24.0 Å². The van der Waals surface area contributed by atoms with Crippen LogP contribution >= 0.6 is 0 Å². The molecule has 1 fully saturated rings. The lowest BCUT2D eigenvalue weighted by Crippen LogP contribution is -2.50. The Hall–Kier alpha value is -0.570. The zero-order valence-electron chi connectivity index (χ0n) is 14.1. The molecule has 0 aromatic heterocycles. The van der Waals surface area contributed by atoms with Crippen molar-refractivity contribution in [2.45, 2.75) is 84.7 Å². The monoisotopic (exact) mass is 282 g/mol. The summed E-state index contributed by atoms with van der Waals surface area (Å²) in [4.78, 5) is 12.1. The zero-order valence-corrected chi connectivity index (χ0v) is 14.1. The predicted octanol–water partition coefficient (Wildman–Crippen LogP) is 3.49. The van der Waals surface area contributed by atoms with Gasteiger partial charge in [-0.05, 0) is 58.4 Å². The van der Waals surface area contributed by atoms with E-state index < -0.39 is 0 Å². The first-order valence-corrected chi connectivity index (χ1v) is 8.39. The van der Waals surface area contributed by atoms with E-state index in [9.17, 15) is 4.79 Å². The molecule has 0 spiro atoms. The molecular formula is C17H34N2O. The van der Waals surface area contributed by atoms with Crippen LogP contribution in [0.5, 0.6) is 0 Å². The van der Waals surface area contributed by atoms with Gasteiger partial charge in [-0.3, -0.25) is 4.79 Å². The fraction of sp³-hybridized carbons (Fsp3) is 0.941. The van der Waals surface area contributed by atoms with Crippen molar-refractivity contribution in [3.05, 3.63) is 0 Å². The van der Waals surface area contributed by atoms with Crippen LogP contribution in [0.15, 0.2) is 0 Å². The first-order chi connectivity index (χ1) is 9.34. The van der Waals surface area contributed by atoms with Gasteiger partial charge in [0.2, 0.25) is 5.91 Å². The molecule has 1 amide bonds. The van der Waals surface area contributed by atoms with E-state index in [4.69, 9.17) is 0 Å². The summed E-state index contributed by atoms with van der Waals surface area (Å²) in [7, 11) is 0. The topological polar surface area (TPSA) is 41.1 Å². The highest BCUT2D eigenvalue weighted by molar-refractivity contribution is 5.81. The standard InChI is InChI=1S/C17H34N2O/c1-6-17(4,5)19-16(20)14(3)18-11-10-15-9-7-8-13(2)12-15/h13-15,18H,6-12H2,1-5H3,(H,19,20). The second-order valence-corrected chi connectivity index (χ2v) is 7.33. The highest BCUT2D eigenvalue weighted by atomic mass is 16.2. The molecule has 0 saturated heterocycles. The lowest BCUT2D eigenvalue weighted by molar-refractivity contribution is -0.124. The van der Waals surface area contributed by atoms with E-state index in [0.717, 1.165) is 24.8 Å². The van der Waals surface area contributed by atoms with Crippen molar-refractivity contribution in [3.63, 3.8) is 0 Å². The highest BCUT2D eigenvalue weighted by Gasteiger charge is 2.22. The lowest BCUT2D eigenvalue weighted by atomic mass is 9.81. The minimum absolute atomic E-state index is 0.0955. The molecule has 0 bridgehead atoms. The van der Waals surface area contributed by atoms with Gasteiger partial charge in [0.1, 0.15) is 0 Å². The van der Waals surface area contributed by atoms with Crippen LogP contribution in [0.1, 0.15) is 73.1 Å². The maximum atomic E-state index is 12.1. The summed E-state index contributed by atoms with van der Waals surface area (Å²) in [5, 5.41) is 6.48. The van der Waals surface area contributed by atoms with Gasteiger partial charge < -0.3 is 10.6 Å². The van der Waals surface area contributed by atoms with Crippen molar-refractivity contribution in [2.24, 2.45) is 11.8 Å². The Balaban J connectivity index is 2.22. The van der Waals surface area contributed by atoms with E-state index in [-0.39, 0.29) is 17.5 Å². The minimum atomic E-state index is -0.105. The van der Waals surface area contributed by atoms with Crippen molar-refractivity contribution in [2.75, 3.05) is 6.54 Å².